The summed E-state index contributed by atoms with van der Waals surface area (Å²) in [5, 5.41) is 19.2. The summed E-state index contributed by atoms with van der Waals surface area (Å²) < 4.78 is 14.8. The van der Waals surface area contributed by atoms with Gasteiger partial charge in [0.05, 0.1) is 14.2 Å². The summed E-state index contributed by atoms with van der Waals surface area (Å²) in [7, 11) is 2.60. The zero-order valence-corrected chi connectivity index (χ0v) is 9.18. The van der Waals surface area contributed by atoms with Crippen LogP contribution in [0.1, 0.15) is 0 Å². The van der Waals surface area contributed by atoms with Crippen molar-refractivity contribution in [2.45, 2.75) is 0 Å². The fourth-order valence-electron chi connectivity index (χ4n) is 1.59. The molecule has 0 saturated carbocycles. The van der Waals surface area contributed by atoms with E-state index in [-0.39, 0.29) is 28.2 Å². The molecule has 6 heteroatoms. The second kappa shape index (κ2) is 3.89. The first-order valence-corrected chi connectivity index (χ1v) is 4.70. The van der Waals surface area contributed by atoms with Crippen molar-refractivity contribution in [3.63, 3.8) is 0 Å². The summed E-state index contributed by atoms with van der Waals surface area (Å²) in [6.07, 6.45) is 0. The van der Waals surface area contributed by atoms with E-state index in [1.54, 1.807) is 0 Å². The van der Waals surface area contributed by atoms with Crippen LogP contribution in [0.15, 0.2) is 21.3 Å². The molecule has 0 aliphatic heterocycles. The number of phenols is 2. The minimum Gasteiger partial charge on any atom is -0.504 e. The van der Waals surface area contributed by atoms with Gasteiger partial charge in [0.25, 0.3) is 0 Å². The smallest absolute Gasteiger partial charge is 0.383 e. The average molecular weight is 238 g/mol. The summed E-state index contributed by atoms with van der Waals surface area (Å²) >= 11 is 0. The highest BCUT2D eigenvalue weighted by Crippen LogP contribution is 2.42. The highest BCUT2D eigenvalue weighted by molar-refractivity contribution is 5.93. The van der Waals surface area contributed by atoms with Crippen molar-refractivity contribution in [2.24, 2.45) is 0 Å². The first-order chi connectivity index (χ1) is 8.10. The molecule has 1 aromatic carbocycles. The second-order valence-corrected chi connectivity index (χ2v) is 3.26. The molecule has 1 aromatic heterocycles. The van der Waals surface area contributed by atoms with Crippen molar-refractivity contribution in [1.82, 2.24) is 0 Å². The first-order valence-electron chi connectivity index (χ1n) is 4.70. The van der Waals surface area contributed by atoms with Gasteiger partial charge in [-0.05, 0) is 12.1 Å². The van der Waals surface area contributed by atoms with E-state index in [4.69, 9.17) is 13.9 Å². The number of hydrogen-bond acceptors (Lipinski definition) is 6. The van der Waals surface area contributed by atoms with Crippen molar-refractivity contribution in [3.05, 3.63) is 22.6 Å². The van der Waals surface area contributed by atoms with Crippen molar-refractivity contribution in [1.29, 1.82) is 0 Å². The predicted molar refractivity (Wildman–Crippen MR) is 58.9 cm³/mol. The van der Waals surface area contributed by atoms with E-state index in [1.807, 2.05) is 0 Å². The van der Waals surface area contributed by atoms with E-state index in [1.165, 1.54) is 26.4 Å². The van der Waals surface area contributed by atoms with Crippen LogP contribution in [-0.4, -0.2) is 24.4 Å². The van der Waals surface area contributed by atoms with Crippen molar-refractivity contribution in [2.75, 3.05) is 14.2 Å². The quantitative estimate of drug-likeness (QED) is 0.604. The highest BCUT2D eigenvalue weighted by Gasteiger charge is 2.20. The Morgan fingerprint density at radius 3 is 2.35 bits per heavy atom. The predicted octanol–water partition coefficient (Wildman–Crippen LogP) is 1.22. The van der Waals surface area contributed by atoms with E-state index in [2.05, 4.69) is 0 Å². The Labute approximate surface area is 95.6 Å². The lowest BCUT2D eigenvalue weighted by atomic mass is 10.2. The van der Waals surface area contributed by atoms with Gasteiger partial charge in [0, 0.05) is 0 Å². The van der Waals surface area contributed by atoms with Crippen LogP contribution in [0.3, 0.4) is 0 Å². The molecule has 0 unspecified atom stereocenters. The van der Waals surface area contributed by atoms with Crippen LogP contribution >= 0.6 is 0 Å². The van der Waals surface area contributed by atoms with Gasteiger partial charge in [-0.2, -0.15) is 0 Å². The van der Waals surface area contributed by atoms with E-state index in [0.29, 0.717) is 0 Å². The largest absolute Gasteiger partial charge is 0.504 e. The number of ether oxygens (including phenoxy) is 2. The highest BCUT2D eigenvalue weighted by atomic mass is 16.5. The minimum absolute atomic E-state index is 0.0205. The Morgan fingerprint density at radius 2 is 1.76 bits per heavy atom. The van der Waals surface area contributed by atoms with Crippen LogP contribution in [0, 0.1) is 0 Å². The normalized spacial score (nSPS) is 10.5. The molecule has 6 nitrogen and oxygen atoms in total. The van der Waals surface area contributed by atoms with Gasteiger partial charge < -0.3 is 24.1 Å². The molecule has 2 N–H and O–H groups in total. The van der Waals surface area contributed by atoms with Crippen LogP contribution < -0.4 is 15.1 Å². The number of hydrogen-bond donors (Lipinski definition) is 2. The van der Waals surface area contributed by atoms with Crippen LogP contribution in [-0.2, 0) is 0 Å². The van der Waals surface area contributed by atoms with E-state index in [9.17, 15) is 15.0 Å². The molecule has 17 heavy (non-hydrogen) atoms. The maximum Gasteiger partial charge on any atom is 0.383 e. The van der Waals surface area contributed by atoms with Gasteiger partial charge in [-0.25, -0.2) is 4.79 Å². The molecular weight excluding hydrogens is 228 g/mol. The van der Waals surface area contributed by atoms with Gasteiger partial charge in [-0.3, -0.25) is 0 Å². The van der Waals surface area contributed by atoms with Gasteiger partial charge >= 0.3 is 5.63 Å². The lowest BCUT2D eigenvalue weighted by molar-refractivity contribution is 0.335. The van der Waals surface area contributed by atoms with Crippen LogP contribution in [0.4, 0.5) is 0 Å². The lowest BCUT2D eigenvalue weighted by Gasteiger charge is -2.10. The molecule has 0 bridgehead atoms. The van der Waals surface area contributed by atoms with Gasteiger partial charge in [0.1, 0.15) is 11.0 Å². The fourth-order valence-corrected chi connectivity index (χ4v) is 1.59. The zero-order chi connectivity index (χ0) is 12.6. The first kappa shape index (κ1) is 11.1. The van der Waals surface area contributed by atoms with E-state index < -0.39 is 11.4 Å². The van der Waals surface area contributed by atoms with Gasteiger partial charge in [0.15, 0.2) is 17.2 Å². The molecule has 2 rings (SSSR count). The number of aromatic hydroxyl groups is 2. The van der Waals surface area contributed by atoms with Gasteiger partial charge in [-0.1, -0.05) is 0 Å². The van der Waals surface area contributed by atoms with Gasteiger partial charge in [0.2, 0.25) is 5.75 Å². The third kappa shape index (κ3) is 1.54. The number of rotatable bonds is 2. The van der Waals surface area contributed by atoms with Crippen molar-refractivity contribution in [3.8, 4) is 23.0 Å². The molecule has 1 heterocycles. The second-order valence-electron chi connectivity index (χ2n) is 3.26. The minimum atomic E-state index is -0.720. The summed E-state index contributed by atoms with van der Waals surface area (Å²) in [5.74, 6) is -0.916. The third-order valence-electron chi connectivity index (χ3n) is 2.35. The number of fused-ring (bicyclic) bond motifs is 1. The molecule has 90 valence electrons. The molecule has 0 spiro atoms. The van der Waals surface area contributed by atoms with E-state index in [0.717, 1.165) is 0 Å². The Bertz CT molecular complexity index is 628. The Morgan fingerprint density at radius 1 is 1.12 bits per heavy atom. The summed E-state index contributed by atoms with van der Waals surface area (Å²) in [6.45, 7) is 0. The molecule has 2 aromatic rings. The molecule has 0 radical (unpaired) electrons. The monoisotopic (exact) mass is 238 g/mol. The van der Waals surface area contributed by atoms with Crippen LogP contribution in [0.2, 0.25) is 0 Å². The zero-order valence-electron chi connectivity index (χ0n) is 9.18. The topological polar surface area (TPSA) is 89.1 Å². The summed E-state index contributed by atoms with van der Waals surface area (Å²) in [6, 6.07) is 2.57. The fraction of sp³-hybridized carbons (Fsp3) is 0.182. The number of methoxy groups -OCH3 is 2. The Balaban J connectivity index is 3.01. The lowest BCUT2D eigenvalue weighted by Crippen LogP contribution is -2.06. The van der Waals surface area contributed by atoms with Crippen LogP contribution in [0.5, 0.6) is 23.0 Å². The Kier molecular flexibility index (Phi) is 2.55. The molecule has 0 saturated heterocycles. The summed E-state index contributed by atoms with van der Waals surface area (Å²) in [5.41, 5.74) is -0.620. The SMILES string of the molecule is COc1c(OC)c2c(O)c(O)ccc2oc1=O. The standard InChI is InChI=1S/C11H10O6/c1-15-9-7-6(4-3-5(12)8(7)13)17-11(14)10(9)16-2/h3-4,12-13H,1-2H3. The van der Waals surface area contributed by atoms with Crippen LogP contribution in [0.25, 0.3) is 11.0 Å². The summed E-state index contributed by atoms with van der Waals surface area (Å²) in [4.78, 5) is 11.5. The van der Waals surface area contributed by atoms with Crippen molar-refractivity contribution < 1.29 is 24.1 Å². The maximum absolute atomic E-state index is 11.5. The third-order valence-corrected chi connectivity index (χ3v) is 2.35. The molecule has 0 aliphatic carbocycles. The maximum atomic E-state index is 11.5. The van der Waals surface area contributed by atoms with Gasteiger partial charge in [-0.15, -0.1) is 0 Å². The van der Waals surface area contributed by atoms with Crippen molar-refractivity contribution >= 4 is 11.0 Å². The number of benzene rings is 1. The molecule has 0 aliphatic rings. The average Bonchev–Trinajstić information content (AvgIpc) is 2.32. The molecule has 0 fully saturated rings. The molecular formula is C11H10O6. The van der Waals surface area contributed by atoms with E-state index >= 15 is 0 Å². The number of phenolic OH excluding ortho intramolecular Hbond substituents is 2. The molecule has 0 atom stereocenters. The molecule has 0 amide bonds. The Hall–Kier alpha value is -2.37.